The largest absolute Gasteiger partial charge is 0.370 e. The lowest BCUT2D eigenvalue weighted by Crippen LogP contribution is -2.33. The molecular formula is C17H23N5. The molecule has 1 atom stereocenters. The smallest absolute Gasteiger partial charge is 0.131 e. The molecule has 3 rings (SSSR count). The van der Waals surface area contributed by atoms with Crippen molar-refractivity contribution in [1.29, 1.82) is 0 Å². The molecule has 0 saturated carbocycles. The minimum atomic E-state index is 0.677. The van der Waals surface area contributed by atoms with Gasteiger partial charge in [-0.05, 0) is 44.0 Å². The Kier molecular flexibility index (Phi) is 4.96. The predicted molar refractivity (Wildman–Crippen MR) is 88.7 cm³/mol. The van der Waals surface area contributed by atoms with Crippen molar-refractivity contribution >= 4 is 5.82 Å². The van der Waals surface area contributed by atoms with Gasteiger partial charge in [-0.15, -0.1) is 0 Å². The van der Waals surface area contributed by atoms with Crippen LogP contribution in [-0.4, -0.2) is 34.6 Å². The van der Waals surface area contributed by atoms with E-state index in [1.165, 1.54) is 12.8 Å². The zero-order valence-electron chi connectivity index (χ0n) is 13.0. The second-order valence-electron chi connectivity index (χ2n) is 5.74. The van der Waals surface area contributed by atoms with Crippen molar-refractivity contribution < 1.29 is 0 Å². The minimum absolute atomic E-state index is 0.677. The van der Waals surface area contributed by atoms with Gasteiger partial charge in [0.25, 0.3) is 0 Å². The molecule has 3 heterocycles. The van der Waals surface area contributed by atoms with Gasteiger partial charge in [0.1, 0.15) is 11.6 Å². The Bertz CT molecular complexity index is 593. The summed E-state index contributed by atoms with van der Waals surface area (Å²) in [4.78, 5) is 13.4. The van der Waals surface area contributed by atoms with Gasteiger partial charge in [0.2, 0.25) is 0 Å². The lowest BCUT2D eigenvalue weighted by atomic mass is 10.00. The van der Waals surface area contributed by atoms with E-state index in [0.717, 1.165) is 49.0 Å². The normalized spacial score (nSPS) is 18.1. The number of hydrogen-bond acceptors (Lipinski definition) is 5. The standard InChI is InChI=1S/C17H23N5/c1-2-16-21-15(14-6-4-8-19-12-14)9-17(22-16)20-11-13-5-3-7-18-10-13/h4,6,8-9,12-13,18H,2-3,5,7,10-11H2,1H3,(H,20,21,22). The Labute approximate surface area is 131 Å². The number of hydrogen-bond donors (Lipinski definition) is 2. The van der Waals surface area contributed by atoms with Gasteiger partial charge in [0.05, 0.1) is 5.69 Å². The zero-order chi connectivity index (χ0) is 15.2. The highest BCUT2D eigenvalue weighted by molar-refractivity contribution is 5.61. The number of aryl methyl sites for hydroxylation is 1. The number of anilines is 1. The van der Waals surface area contributed by atoms with Crippen molar-refractivity contribution in [3.8, 4) is 11.3 Å². The van der Waals surface area contributed by atoms with Crippen LogP contribution in [-0.2, 0) is 6.42 Å². The zero-order valence-corrected chi connectivity index (χ0v) is 13.0. The van der Waals surface area contributed by atoms with E-state index >= 15 is 0 Å². The predicted octanol–water partition coefficient (Wildman–Crippen LogP) is 2.51. The highest BCUT2D eigenvalue weighted by Gasteiger charge is 2.13. The maximum atomic E-state index is 4.61. The number of aromatic nitrogens is 3. The Balaban J connectivity index is 1.75. The van der Waals surface area contributed by atoms with Crippen LogP contribution in [0.15, 0.2) is 30.6 Å². The van der Waals surface area contributed by atoms with Gasteiger partial charge in [-0.2, -0.15) is 0 Å². The van der Waals surface area contributed by atoms with E-state index in [2.05, 4.69) is 32.5 Å². The van der Waals surface area contributed by atoms with Crippen molar-refractivity contribution in [2.24, 2.45) is 5.92 Å². The quantitative estimate of drug-likeness (QED) is 0.888. The van der Waals surface area contributed by atoms with Crippen LogP contribution in [0.1, 0.15) is 25.6 Å². The van der Waals surface area contributed by atoms with Gasteiger partial charge in [-0.25, -0.2) is 9.97 Å². The summed E-state index contributed by atoms with van der Waals surface area (Å²) in [5.74, 6) is 2.46. The average Bonchev–Trinajstić information content (AvgIpc) is 2.61. The van der Waals surface area contributed by atoms with Crippen LogP contribution in [0.5, 0.6) is 0 Å². The molecule has 2 aromatic rings. The summed E-state index contributed by atoms with van der Waals surface area (Å²) in [6, 6.07) is 5.99. The van der Waals surface area contributed by atoms with Gasteiger partial charge >= 0.3 is 0 Å². The average molecular weight is 297 g/mol. The van der Waals surface area contributed by atoms with Crippen molar-refractivity contribution in [2.75, 3.05) is 25.0 Å². The van der Waals surface area contributed by atoms with Crippen LogP contribution in [0.2, 0.25) is 0 Å². The fourth-order valence-electron chi connectivity index (χ4n) is 2.76. The number of nitrogens with zero attached hydrogens (tertiary/aromatic N) is 3. The molecule has 0 amide bonds. The number of piperidine rings is 1. The summed E-state index contributed by atoms with van der Waals surface area (Å²) in [5.41, 5.74) is 1.96. The summed E-state index contributed by atoms with van der Waals surface area (Å²) >= 11 is 0. The first-order valence-electron chi connectivity index (χ1n) is 8.08. The Morgan fingerprint density at radius 2 is 2.32 bits per heavy atom. The van der Waals surface area contributed by atoms with Crippen LogP contribution in [0.4, 0.5) is 5.82 Å². The molecule has 1 aliphatic rings. The summed E-state index contributed by atoms with van der Waals surface area (Å²) in [6.45, 7) is 5.28. The van der Waals surface area contributed by atoms with Gasteiger partial charge in [0.15, 0.2) is 0 Å². The summed E-state index contributed by atoms with van der Waals surface area (Å²) in [7, 11) is 0. The maximum Gasteiger partial charge on any atom is 0.131 e. The SMILES string of the molecule is CCc1nc(NCC2CCCNC2)cc(-c2cccnc2)n1. The van der Waals surface area contributed by atoms with Crippen molar-refractivity contribution in [2.45, 2.75) is 26.2 Å². The second-order valence-corrected chi connectivity index (χ2v) is 5.74. The third-order valence-electron chi connectivity index (χ3n) is 4.02. The third-order valence-corrected chi connectivity index (χ3v) is 4.02. The fourth-order valence-corrected chi connectivity index (χ4v) is 2.76. The third kappa shape index (κ3) is 3.80. The molecule has 0 aliphatic carbocycles. The van der Waals surface area contributed by atoms with Crippen molar-refractivity contribution in [1.82, 2.24) is 20.3 Å². The first kappa shape index (κ1) is 14.9. The van der Waals surface area contributed by atoms with E-state index in [0.29, 0.717) is 5.92 Å². The van der Waals surface area contributed by atoms with Gasteiger partial charge in [0, 0.05) is 37.0 Å². The molecular weight excluding hydrogens is 274 g/mol. The number of pyridine rings is 1. The van der Waals surface area contributed by atoms with E-state index in [-0.39, 0.29) is 0 Å². The second kappa shape index (κ2) is 7.31. The van der Waals surface area contributed by atoms with E-state index in [1.807, 2.05) is 24.4 Å². The molecule has 22 heavy (non-hydrogen) atoms. The van der Waals surface area contributed by atoms with Crippen LogP contribution in [0, 0.1) is 5.92 Å². The molecule has 1 fully saturated rings. The molecule has 5 heteroatoms. The fraction of sp³-hybridized carbons (Fsp3) is 0.471. The molecule has 0 bridgehead atoms. The Morgan fingerprint density at radius 3 is 3.05 bits per heavy atom. The maximum absolute atomic E-state index is 4.61. The molecule has 1 aliphatic heterocycles. The first-order valence-corrected chi connectivity index (χ1v) is 8.08. The molecule has 2 N–H and O–H groups in total. The number of nitrogens with one attached hydrogen (secondary N) is 2. The lowest BCUT2D eigenvalue weighted by molar-refractivity contribution is 0.392. The molecule has 2 aromatic heterocycles. The van der Waals surface area contributed by atoms with Crippen LogP contribution >= 0.6 is 0 Å². The molecule has 0 aromatic carbocycles. The van der Waals surface area contributed by atoms with Gasteiger partial charge < -0.3 is 10.6 Å². The highest BCUT2D eigenvalue weighted by atomic mass is 15.0. The Hall–Kier alpha value is -2.01. The Morgan fingerprint density at radius 1 is 1.36 bits per heavy atom. The van der Waals surface area contributed by atoms with Crippen LogP contribution < -0.4 is 10.6 Å². The van der Waals surface area contributed by atoms with Crippen molar-refractivity contribution in [3.05, 3.63) is 36.4 Å². The molecule has 0 spiro atoms. The van der Waals surface area contributed by atoms with E-state index in [4.69, 9.17) is 0 Å². The van der Waals surface area contributed by atoms with Crippen LogP contribution in [0.3, 0.4) is 0 Å². The lowest BCUT2D eigenvalue weighted by Gasteiger charge is -2.23. The van der Waals surface area contributed by atoms with Gasteiger partial charge in [-0.1, -0.05) is 6.92 Å². The molecule has 116 valence electrons. The monoisotopic (exact) mass is 297 g/mol. The highest BCUT2D eigenvalue weighted by Crippen LogP contribution is 2.20. The van der Waals surface area contributed by atoms with Crippen LogP contribution in [0.25, 0.3) is 11.3 Å². The summed E-state index contributed by atoms with van der Waals surface area (Å²) in [6.07, 6.45) is 6.99. The molecule has 5 nitrogen and oxygen atoms in total. The molecule has 0 radical (unpaired) electrons. The van der Waals surface area contributed by atoms with Crippen molar-refractivity contribution in [3.63, 3.8) is 0 Å². The molecule has 1 unspecified atom stereocenters. The topological polar surface area (TPSA) is 62.7 Å². The summed E-state index contributed by atoms with van der Waals surface area (Å²) in [5, 5.41) is 6.94. The number of rotatable bonds is 5. The van der Waals surface area contributed by atoms with Gasteiger partial charge in [-0.3, -0.25) is 4.98 Å². The van der Waals surface area contributed by atoms with E-state index < -0.39 is 0 Å². The summed E-state index contributed by atoms with van der Waals surface area (Å²) < 4.78 is 0. The van der Waals surface area contributed by atoms with E-state index in [1.54, 1.807) is 6.20 Å². The molecule has 1 saturated heterocycles. The van der Waals surface area contributed by atoms with E-state index in [9.17, 15) is 0 Å². The first-order chi connectivity index (χ1) is 10.8. The minimum Gasteiger partial charge on any atom is -0.370 e.